The maximum absolute atomic E-state index is 14.6. The van der Waals surface area contributed by atoms with Crippen molar-refractivity contribution in [2.75, 3.05) is 11.5 Å². The second-order valence-electron chi connectivity index (χ2n) is 9.11. The summed E-state index contributed by atoms with van der Waals surface area (Å²) in [5, 5.41) is 0.420. The van der Waals surface area contributed by atoms with Gasteiger partial charge in [-0.05, 0) is 54.2 Å². The predicted molar refractivity (Wildman–Crippen MR) is 139 cm³/mol. The summed E-state index contributed by atoms with van der Waals surface area (Å²) in [6, 6.07) is 24.8. The molecule has 1 aliphatic carbocycles. The Morgan fingerprint density at radius 3 is 2.25 bits per heavy atom. The number of fused-ring (bicyclic) bond motifs is 2. The first kappa shape index (κ1) is 24.0. The smallest absolute Gasteiger partial charge is 0.335 e. The first-order chi connectivity index (χ1) is 17.4. The SMILES string of the molecule is CCOC(=O)C1=CC[C@@H](c2ccccc2)[C@H](c2ccccc2)[C@]12C(=O)N(C(C)=O)c1ccc(Cl)cc12. The first-order valence-electron chi connectivity index (χ1n) is 12.0. The second kappa shape index (κ2) is 9.40. The van der Waals surface area contributed by atoms with Crippen molar-refractivity contribution in [2.45, 2.75) is 37.5 Å². The van der Waals surface area contributed by atoms with E-state index in [9.17, 15) is 14.4 Å². The molecule has 1 heterocycles. The van der Waals surface area contributed by atoms with E-state index in [1.165, 1.54) is 11.8 Å². The van der Waals surface area contributed by atoms with Crippen molar-refractivity contribution in [3.63, 3.8) is 0 Å². The molecule has 0 unspecified atom stereocenters. The van der Waals surface area contributed by atoms with Crippen LogP contribution in [0.3, 0.4) is 0 Å². The Morgan fingerprint density at radius 2 is 1.64 bits per heavy atom. The summed E-state index contributed by atoms with van der Waals surface area (Å²) in [5.41, 5.74) is 1.69. The molecule has 0 saturated carbocycles. The number of rotatable bonds is 4. The van der Waals surface area contributed by atoms with Gasteiger partial charge < -0.3 is 4.74 Å². The van der Waals surface area contributed by atoms with Crippen LogP contribution in [0.15, 0.2) is 90.5 Å². The lowest BCUT2D eigenvalue weighted by molar-refractivity contribution is -0.142. The first-order valence-corrected chi connectivity index (χ1v) is 12.4. The Balaban J connectivity index is 1.89. The van der Waals surface area contributed by atoms with Gasteiger partial charge in [0, 0.05) is 17.9 Å². The minimum atomic E-state index is -1.49. The quantitative estimate of drug-likeness (QED) is 0.417. The van der Waals surface area contributed by atoms with Crippen molar-refractivity contribution >= 4 is 35.1 Å². The lowest BCUT2D eigenvalue weighted by atomic mass is 9.55. The third-order valence-corrected chi connectivity index (χ3v) is 7.47. The van der Waals surface area contributed by atoms with Crippen LogP contribution in [0, 0.1) is 0 Å². The molecule has 3 aromatic carbocycles. The summed E-state index contributed by atoms with van der Waals surface area (Å²) in [6.45, 7) is 3.26. The van der Waals surface area contributed by atoms with Crippen molar-refractivity contribution in [1.82, 2.24) is 0 Å². The molecule has 0 fully saturated rings. The standard InChI is InChI=1S/C30H26ClNO4/c1-3-36-28(34)24-16-15-23(20-10-6-4-7-11-20)27(21-12-8-5-9-13-21)30(24)25-18-22(31)14-17-26(25)32(19(2)33)29(30)35/h4-14,16-18,23,27H,3,15H2,1-2H3/t23-,27-,30-/m0/s1. The number of carbonyl (C=O) groups excluding carboxylic acids is 3. The number of carbonyl (C=O) groups is 3. The number of amides is 2. The Hall–Kier alpha value is -3.70. The molecule has 3 atom stereocenters. The van der Waals surface area contributed by atoms with Gasteiger partial charge in [-0.15, -0.1) is 0 Å². The zero-order valence-corrected chi connectivity index (χ0v) is 20.9. The highest BCUT2D eigenvalue weighted by Crippen LogP contribution is 2.61. The van der Waals surface area contributed by atoms with Gasteiger partial charge in [0.05, 0.1) is 17.9 Å². The molecule has 0 bridgehead atoms. The van der Waals surface area contributed by atoms with Crippen molar-refractivity contribution in [1.29, 1.82) is 0 Å². The van der Waals surface area contributed by atoms with Crippen LogP contribution >= 0.6 is 11.6 Å². The Bertz CT molecular complexity index is 1370. The van der Waals surface area contributed by atoms with Crippen molar-refractivity contribution in [3.05, 3.63) is 112 Å². The molecule has 0 radical (unpaired) electrons. The van der Waals surface area contributed by atoms with Gasteiger partial charge in [-0.2, -0.15) is 0 Å². The van der Waals surface area contributed by atoms with E-state index < -0.39 is 29.1 Å². The van der Waals surface area contributed by atoms with Crippen molar-refractivity contribution < 1.29 is 19.1 Å². The largest absolute Gasteiger partial charge is 0.463 e. The summed E-state index contributed by atoms with van der Waals surface area (Å²) >= 11 is 6.49. The fourth-order valence-corrected chi connectivity index (χ4v) is 6.10. The van der Waals surface area contributed by atoms with Crippen molar-refractivity contribution in [2.24, 2.45) is 0 Å². The highest BCUT2D eigenvalue weighted by Gasteiger charge is 2.64. The summed E-state index contributed by atoms with van der Waals surface area (Å²) in [4.78, 5) is 42.1. The average Bonchev–Trinajstić information content (AvgIpc) is 3.13. The Labute approximate surface area is 215 Å². The molecule has 0 saturated heterocycles. The van der Waals surface area contributed by atoms with Gasteiger partial charge >= 0.3 is 5.97 Å². The van der Waals surface area contributed by atoms with Crippen molar-refractivity contribution in [3.8, 4) is 0 Å². The molecule has 36 heavy (non-hydrogen) atoms. The highest BCUT2D eigenvalue weighted by atomic mass is 35.5. The highest BCUT2D eigenvalue weighted by molar-refractivity contribution is 6.32. The molecule has 0 N–H and O–H groups in total. The zero-order chi connectivity index (χ0) is 25.4. The zero-order valence-electron chi connectivity index (χ0n) is 20.1. The van der Waals surface area contributed by atoms with E-state index in [0.717, 1.165) is 11.1 Å². The number of hydrogen-bond donors (Lipinski definition) is 0. The van der Waals surface area contributed by atoms with Crippen LogP contribution in [-0.4, -0.2) is 24.4 Å². The fourth-order valence-electron chi connectivity index (χ4n) is 5.93. The molecule has 6 heteroatoms. The lowest BCUT2D eigenvalue weighted by Crippen LogP contribution is -2.52. The Kier molecular flexibility index (Phi) is 6.27. The molecule has 1 aliphatic heterocycles. The molecular weight excluding hydrogens is 474 g/mol. The third-order valence-electron chi connectivity index (χ3n) is 7.23. The van der Waals surface area contributed by atoms with Gasteiger partial charge in [0.1, 0.15) is 5.41 Å². The van der Waals surface area contributed by atoms with Gasteiger partial charge in [-0.25, -0.2) is 9.69 Å². The number of halogens is 1. The maximum atomic E-state index is 14.6. The number of esters is 1. The van der Waals surface area contributed by atoms with E-state index in [1.807, 2.05) is 66.7 Å². The van der Waals surface area contributed by atoms with Crippen LogP contribution in [0.4, 0.5) is 5.69 Å². The maximum Gasteiger partial charge on any atom is 0.335 e. The van der Waals surface area contributed by atoms with Crippen LogP contribution in [0.5, 0.6) is 0 Å². The van der Waals surface area contributed by atoms with Gasteiger partial charge in [0.25, 0.3) is 0 Å². The fraction of sp³-hybridized carbons (Fsp3) is 0.233. The predicted octanol–water partition coefficient (Wildman–Crippen LogP) is 5.93. The van der Waals surface area contributed by atoms with E-state index >= 15 is 0 Å². The van der Waals surface area contributed by atoms with Gasteiger partial charge in [-0.1, -0.05) is 78.3 Å². The number of ether oxygens (including phenoxy) is 1. The minimum absolute atomic E-state index is 0.144. The van der Waals surface area contributed by atoms with E-state index in [2.05, 4.69) is 0 Å². The number of allylic oxidation sites excluding steroid dienone is 1. The third kappa shape index (κ3) is 3.58. The molecule has 2 aliphatic rings. The summed E-state index contributed by atoms with van der Waals surface area (Å²) in [6.07, 6.45) is 2.35. The average molecular weight is 500 g/mol. The topological polar surface area (TPSA) is 63.7 Å². The lowest BCUT2D eigenvalue weighted by Gasteiger charge is -2.45. The summed E-state index contributed by atoms with van der Waals surface area (Å²) in [7, 11) is 0. The van der Waals surface area contributed by atoms with Crippen LogP contribution in [0.1, 0.15) is 48.8 Å². The number of nitrogens with zero attached hydrogens (tertiary/aromatic N) is 1. The second-order valence-corrected chi connectivity index (χ2v) is 9.55. The number of imide groups is 1. The van der Waals surface area contributed by atoms with E-state index in [-0.39, 0.29) is 18.1 Å². The Morgan fingerprint density at radius 1 is 1.00 bits per heavy atom. The van der Waals surface area contributed by atoms with E-state index in [1.54, 1.807) is 25.1 Å². The number of hydrogen-bond acceptors (Lipinski definition) is 4. The molecule has 1 spiro atoms. The minimum Gasteiger partial charge on any atom is -0.463 e. The number of anilines is 1. The summed E-state index contributed by atoms with van der Waals surface area (Å²) in [5.74, 6) is -2.07. The van der Waals surface area contributed by atoms with Gasteiger partial charge in [0.15, 0.2) is 0 Å². The van der Waals surface area contributed by atoms with Gasteiger partial charge in [-0.3, -0.25) is 9.59 Å². The summed E-state index contributed by atoms with van der Waals surface area (Å²) < 4.78 is 5.49. The normalized spacial score (nSPS) is 22.8. The van der Waals surface area contributed by atoms with Crippen LogP contribution in [-0.2, 0) is 24.5 Å². The molecule has 0 aromatic heterocycles. The molecule has 3 aromatic rings. The molecular formula is C30H26ClNO4. The van der Waals surface area contributed by atoms with Crippen LogP contribution in [0.25, 0.3) is 0 Å². The molecule has 182 valence electrons. The number of benzene rings is 3. The van der Waals surface area contributed by atoms with Crippen LogP contribution < -0.4 is 4.90 Å². The molecule has 5 rings (SSSR count). The van der Waals surface area contributed by atoms with Crippen LogP contribution in [0.2, 0.25) is 5.02 Å². The molecule has 5 nitrogen and oxygen atoms in total. The van der Waals surface area contributed by atoms with Gasteiger partial charge in [0.2, 0.25) is 11.8 Å². The monoisotopic (exact) mass is 499 g/mol. The van der Waals surface area contributed by atoms with E-state index in [4.69, 9.17) is 16.3 Å². The molecule has 2 amide bonds. The van der Waals surface area contributed by atoms with E-state index in [0.29, 0.717) is 22.7 Å².